The number of carbonyl (C=O) groups is 1. The van der Waals surface area contributed by atoms with Crippen LogP contribution < -0.4 is 19.5 Å². The van der Waals surface area contributed by atoms with E-state index in [0.717, 1.165) is 5.56 Å². The first kappa shape index (κ1) is 24.7. The largest absolute Gasteiger partial charge is 0.573 e. The molecular weight excluding hydrogens is 475 g/mol. The predicted molar refractivity (Wildman–Crippen MR) is 125 cm³/mol. The minimum atomic E-state index is -4.86. The molecule has 4 rings (SSSR count). The highest BCUT2D eigenvalue weighted by Crippen LogP contribution is 2.43. The van der Waals surface area contributed by atoms with Gasteiger partial charge in [0, 0.05) is 23.9 Å². The maximum atomic E-state index is 13.5. The van der Waals surface area contributed by atoms with Crippen LogP contribution in [0.2, 0.25) is 0 Å². The number of anilines is 1. The highest BCUT2D eigenvalue weighted by molar-refractivity contribution is 5.90. The molecule has 36 heavy (non-hydrogen) atoms. The molecule has 0 aliphatic carbocycles. The summed E-state index contributed by atoms with van der Waals surface area (Å²) in [7, 11) is 3.00. The van der Waals surface area contributed by atoms with E-state index in [-0.39, 0.29) is 6.54 Å². The number of benzene rings is 3. The number of carbonyl (C=O) groups excluding carboxylic acids is 1. The lowest BCUT2D eigenvalue weighted by atomic mass is 9.87. The number of methoxy groups -OCH3 is 2. The molecule has 0 radical (unpaired) electrons. The number of urea groups is 1. The Morgan fingerprint density at radius 1 is 1.06 bits per heavy atom. The Labute approximate surface area is 205 Å². The van der Waals surface area contributed by atoms with E-state index in [1.807, 2.05) is 12.1 Å². The lowest BCUT2D eigenvalue weighted by molar-refractivity contribution is -0.274. The van der Waals surface area contributed by atoms with Crippen LogP contribution in [0.15, 0.2) is 60.7 Å². The van der Waals surface area contributed by atoms with E-state index < -0.39 is 24.2 Å². The monoisotopic (exact) mass is 497 g/mol. The van der Waals surface area contributed by atoms with Gasteiger partial charge in [0.05, 0.1) is 31.9 Å². The second kappa shape index (κ2) is 10.1. The Balaban J connectivity index is 1.80. The van der Waals surface area contributed by atoms with E-state index in [2.05, 4.69) is 10.1 Å². The molecule has 1 aliphatic heterocycles. The molecule has 1 aliphatic rings. The molecule has 0 saturated heterocycles. The third-order valence-electron chi connectivity index (χ3n) is 5.78. The minimum Gasteiger partial charge on any atom is -0.497 e. The van der Waals surface area contributed by atoms with Crippen LogP contribution in [0.4, 0.5) is 23.7 Å². The maximum Gasteiger partial charge on any atom is 0.573 e. The van der Waals surface area contributed by atoms with Gasteiger partial charge in [0.25, 0.3) is 0 Å². The summed E-state index contributed by atoms with van der Waals surface area (Å²) in [5.41, 5.74) is 2.67. The van der Waals surface area contributed by atoms with Crippen molar-refractivity contribution in [3.8, 4) is 23.3 Å². The smallest absolute Gasteiger partial charge is 0.497 e. The number of halogens is 3. The number of ether oxygens (including phenoxy) is 3. The van der Waals surface area contributed by atoms with Crippen molar-refractivity contribution in [1.29, 1.82) is 5.26 Å². The molecule has 0 saturated carbocycles. The topological polar surface area (TPSA) is 83.8 Å². The summed E-state index contributed by atoms with van der Waals surface area (Å²) in [6.45, 7) is 0.266. The van der Waals surface area contributed by atoms with Crippen LogP contribution >= 0.6 is 0 Å². The Bertz CT molecular complexity index is 1300. The Morgan fingerprint density at radius 2 is 1.83 bits per heavy atom. The van der Waals surface area contributed by atoms with Crippen molar-refractivity contribution in [3.05, 3.63) is 82.9 Å². The van der Waals surface area contributed by atoms with Crippen LogP contribution in [0.3, 0.4) is 0 Å². The van der Waals surface area contributed by atoms with Gasteiger partial charge >= 0.3 is 12.4 Å². The van der Waals surface area contributed by atoms with Crippen LogP contribution in [0, 0.1) is 11.3 Å². The fourth-order valence-electron chi connectivity index (χ4n) is 4.30. The zero-order valence-corrected chi connectivity index (χ0v) is 19.4. The summed E-state index contributed by atoms with van der Waals surface area (Å²) >= 11 is 0. The van der Waals surface area contributed by atoms with Gasteiger partial charge in [-0.3, -0.25) is 0 Å². The highest BCUT2D eigenvalue weighted by Gasteiger charge is 2.36. The van der Waals surface area contributed by atoms with E-state index in [1.54, 1.807) is 30.3 Å². The lowest BCUT2D eigenvalue weighted by Gasteiger charge is -2.38. The minimum absolute atomic E-state index is 0.266. The van der Waals surface area contributed by atoms with Crippen LogP contribution in [-0.4, -0.2) is 38.1 Å². The number of hydrogen-bond donors (Lipinski definition) is 1. The van der Waals surface area contributed by atoms with E-state index >= 15 is 0 Å². The fourth-order valence-corrected chi connectivity index (χ4v) is 4.30. The molecule has 7 nitrogen and oxygen atoms in total. The summed E-state index contributed by atoms with van der Waals surface area (Å²) in [5, 5.41) is 12.0. The molecule has 186 valence electrons. The first-order valence-electron chi connectivity index (χ1n) is 10.9. The van der Waals surface area contributed by atoms with Gasteiger partial charge in [-0.05, 0) is 53.9 Å². The molecular formula is C26H22F3N3O4. The lowest BCUT2D eigenvalue weighted by Crippen LogP contribution is -2.43. The number of nitrogens with one attached hydrogen (secondary N) is 1. The number of nitrogens with zero attached hydrogens (tertiary/aromatic N) is 2. The molecule has 10 heteroatoms. The van der Waals surface area contributed by atoms with Crippen LogP contribution in [-0.2, 0) is 6.42 Å². The summed E-state index contributed by atoms with van der Waals surface area (Å²) in [6, 6.07) is 16.2. The molecule has 0 fully saturated rings. The van der Waals surface area contributed by atoms with Crippen molar-refractivity contribution < 1.29 is 32.2 Å². The number of alkyl halides is 3. The van der Waals surface area contributed by atoms with Gasteiger partial charge in [0.1, 0.15) is 17.2 Å². The van der Waals surface area contributed by atoms with E-state index in [0.29, 0.717) is 40.3 Å². The zero-order valence-electron chi connectivity index (χ0n) is 19.4. The molecule has 1 atom stereocenters. The van der Waals surface area contributed by atoms with Gasteiger partial charge in [-0.15, -0.1) is 13.2 Å². The number of amides is 2. The average Bonchev–Trinajstić information content (AvgIpc) is 2.86. The van der Waals surface area contributed by atoms with E-state index in [9.17, 15) is 18.0 Å². The SMILES string of the molecule is COc1cc2c(c(OC)c1)C(c1cccc(OC(F)(F)F)c1)N(C(=O)Nc1cccc(C#N)c1)CC2. The predicted octanol–water partition coefficient (Wildman–Crippen LogP) is 5.65. The summed E-state index contributed by atoms with van der Waals surface area (Å²) in [4.78, 5) is 15.0. The third-order valence-corrected chi connectivity index (χ3v) is 5.78. The van der Waals surface area contributed by atoms with Gasteiger partial charge in [0.2, 0.25) is 0 Å². The Morgan fingerprint density at radius 3 is 2.53 bits per heavy atom. The molecule has 1 N–H and O–H groups in total. The Kier molecular flexibility index (Phi) is 6.92. The van der Waals surface area contributed by atoms with Crippen molar-refractivity contribution in [2.24, 2.45) is 0 Å². The highest BCUT2D eigenvalue weighted by atomic mass is 19.4. The number of hydrogen-bond acceptors (Lipinski definition) is 5. The maximum absolute atomic E-state index is 13.5. The van der Waals surface area contributed by atoms with Crippen molar-refractivity contribution in [3.63, 3.8) is 0 Å². The number of nitriles is 1. The molecule has 0 spiro atoms. The fraction of sp³-hybridized carbons (Fsp3) is 0.231. The number of rotatable bonds is 5. The van der Waals surface area contributed by atoms with E-state index in [1.165, 1.54) is 43.4 Å². The van der Waals surface area contributed by atoms with Gasteiger partial charge in [-0.2, -0.15) is 5.26 Å². The zero-order chi connectivity index (χ0) is 25.9. The molecule has 0 bridgehead atoms. The third kappa shape index (κ3) is 5.30. The summed E-state index contributed by atoms with van der Waals surface area (Å²) < 4.78 is 53.8. The molecule has 2 amide bonds. The van der Waals surface area contributed by atoms with Gasteiger partial charge in [0.15, 0.2) is 0 Å². The molecule has 3 aromatic rings. The molecule has 1 heterocycles. The van der Waals surface area contributed by atoms with Gasteiger partial charge in [-0.25, -0.2) is 4.79 Å². The average molecular weight is 497 g/mol. The molecule has 1 unspecified atom stereocenters. The van der Waals surface area contributed by atoms with Crippen LogP contribution in [0.1, 0.15) is 28.3 Å². The van der Waals surface area contributed by atoms with Gasteiger partial charge < -0.3 is 24.4 Å². The first-order valence-corrected chi connectivity index (χ1v) is 10.9. The van der Waals surface area contributed by atoms with Crippen LogP contribution in [0.5, 0.6) is 17.2 Å². The molecule has 3 aromatic carbocycles. The quantitative estimate of drug-likeness (QED) is 0.492. The summed E-state index contributed by atoms with van der Waals surface area (Å²) in [5.74, 6) is 0.590. The van der Waals surface area contributed by atoms with Crippen molar-refractivity contribution in [2.75, 3.05) is 26.1 Å². The standard InChI is InChI=1S/C26H22F3N3O4/c1-34-21-12-17-9-10-32(25(33)31-19-7-3-5-16(11-19)15-30)24(23(17)22(14-21)35-2)18-6-4-8-20(13-18)36-26(27,28)29/h3-8,11-14,24H,9-10H2,1-2H3,(H,31,33). The second-order valence-electron chi connectivity index (χ2n) is 7.99. The van der Waals surface area contributed by atoms with Crippen molar-refractivity contribution in [1.82, 2.24) is 4.90 Å². The first-order chi connectivity index (χ1) is 17.2. The number of fused-ring (bicyclic) bond motifs is 1. The normalized spacial score (nSPS) is 14.9. The Hall–Kier alpha value is -4.39. The van der Waals surface area contributed by atoms with Gasteiger partial charge in [-0.1, -0.05) is 18.2 Å². The second-order valence-corrected chi connectivity index (χ2v) is 7.99. The van der Waals surface area contributed by atoms with Crippen molar-refractivity contribution in [2.45, 2.75) is 18.8 Å². The molecule has 0 aromatic heterocycles. The van der Waals surface area contributed by atoms with Crippen molar-refractivity contribution >= 4 is 11.7 Å². The van der Waals surface area contributed by atoms with Crippen LogP contribution in [0.25, 0.3) is 0 Å². The van der Waals surface area contributed by atoms with E-state index in [4.69, 9.17) is 14.7 Å². The summed E-state index contributed by atoms with van der Waals surface area (Å²) in [6.07, 6.45) is -4.40.